The second kappa shape index (κ2) is 7.56. The summed E-state index contributed by atoms with van der Waals surface area (Å²) < 4.78 is 4.42. The van der Waals surface area contributed by atoms with Crippen LogP contribution < -0.4 is 0 Å². The molecule has 1 heterocycles. The van der Waals surface area contributed by atoms with Gasteiger partial charge in [0.2, 0.25) is 0 Å². The Kier molecular flexibility index (Phi) is 6.02. The van der Waals surface area contributed by atoms with Crippen molar-refractivity contribution in [3.8, 4) is 0 Å². The fourth-order valence-corrected chi connectivity index (χ4v) is 3.50. The molecule has 0 bridgehead atoms. The lowest BCUT2D eigenvalue weighted by Gasteiger charge is -2.18. The monoisotopic (exact) mass is 413 g/mol. The summed E-state index contributed by atoms with van der Waals surface area (Å²) in [5.74, 6) is 0. The third-order valence-corrected chi connectivity index (χ3v) is 5.20. The van der Waals surface area contributed by atoms with Crippen molar-refractivity contribution in [3.63, 3.8) is 0 Å². The standard InChI is InChI=1S/C16H21Br2N3/c1-4-14-16(18)15(21(5-2)19-14)11-20(3)10-12-8-6-7-9-13(12)17/h6-9H,4-5,10-11H2,1-3H3. The molecular weight excluding hydrogens is 394 g/mol. The van der Waals surface area contributed by atoms with E-state index < -0.39 is 0 Å². The van der Waals surface area contributed by atoms with Crippen molar-refractivity contribution >= 4 is 31.9 Å². The van der Waals surface area contributed by atoms with E-state index in [2.05, 4.69) is 85.6 Å². The molecule has 0 aliphatic carbocycles. The zero-order chi connectivity index (χ0) is 15.4. The van der Waals surface area contributed by atoms with E-state index in [9.17, 15) is 0 Å². The second-order valence-corrected chi connectivity index (χ2v) is 6.79. The van der Waals surface area contributed by atoms with Crippen LogP contribution in [0.1, 0.15) is 30.8 Å². The lowest BCUT2D eigenvalue weighted by Crippen LogP contribution is -2.20. The van der Waals surface area contributed by atoms with Gasteiger partial charge in [-0.2, -0.15) is 5.10 Å². The van der Waals surface area contributed by atoms with Crippen LogP contribution in [0.3, 0.4) is 0 Å². The van der Waals surface area contributed by atoms with Gasteiger partial charge in [0.05, 0.1) is 15.9 Å². The minimum atomic E-state index is 0.878. The summed E-state index contributed by atoms with van der Waals surface area (Å²) in [6.45, 7) is 6.96. The summed E-state index contributed by atoms with van der Waals surface area (Å²) in [6.07, 6.45) is 0.953. The Hall–Kier alpha value is -0.650. The van der Waals surface area contributed by atoms with Crippen LogP contribution in [0, 0.1) is 0 Å². The van der Waals surface area contributed by atoms with E-state index in [4.69, 9.17) is 0 Å². The summed E-state index contributed by atoms with van der Waals surface area (Å²) >= 11 is 7.33. The van der Waals surface area contributed by atoms with Crippen LogP contribution in [0.4, 0.5) is 0 Å². The maximum absolute atomic E-state index is 4.66. The van der Waals surface area contributed by atoms with Gasteiger partial charge < -0.3 is 0 Å². The van der Waals surface area contributed by atoms with Crippen molar-refractivity contribution in [1.29, 1.82) is 0 Å². The molecule has 1 aromatic carbocycles. The molecule has 0 aliphatic rings. The largest absolute Gasteiger partial charge is 0.296 e. The molecule has 0 aliphatic heterocycles. The van der Waals surface area contributed by atoms with E-state index in [-0.39, 0.29) is 0 Å². The maximum Gasteiger partial charge on any atom is 0.0767 e. The van der Waals surface area contributed by atoms with Gasteiger partial charge in [-0.1, -0.05) is 41.1 Å². The van der Waals surface area contributed by atoms with Crippen LogP contribution in [0.25, 0.3) is 0 Å². The van der Waals surface area contributed by atoms with Gasteiger partial charge in [0.1, 0.15) is 0 Å². The zero-order valence-corrected chi connectivity index (χ0v) is 15.9. The molecule has 5 heteroatoms. The minimum absolute atomic E-state index is 0.878. The van der Waals surface area contributed by atoms with Crippen LogP contribution in [0.2, 0.25) is 0 Å². The Morgan fingerprint density at radius 3 is 2.48 bits per heavy atom. The first-order chi connectivity index (χ1) is 10.1. The summed E-state index contributed by atoms with van der Waals surface area (Å²) in [6, 6.07) is 8.37. The first kappa shape index (κ1) is 16.7. The van der Waals surface area contributed by atoms with Gasteiger partial charge in [0, 0.05) is 24.1 Å². The molecule has 0 atom stereocenters. The lowest BCUT2D eigenvalue weighted by molar-refractivity contribution is 0.306. The van der Waals surface area contributed by atoms with Crippen LogP contribution in [0.5, 0.6) is 0 Å². The SMILES string of the molecule is CCc1nn(CC)c(CN(C)Cc2ccccc2Br)c1Br. The Labute approximate surface area is 143 Å². The number of aryl methyl sites for hydroxylation is 2. The second-order valence-electron chi connectivity index (χ2n) is 5.14. The highest BCUT2D eigenvalue weighted by molar-refractivity contribution is 9.10. The van der Waals surface area contributed by atoms with Gasteiger partial charge in [-0.25, -0.2) is 0 Å². The van der Waals surface area contributed by atoms with Gasteiger partial charge in [-0.05, 0) is 48.0 Å². The fourth-order valence-electron chi connectivity index (χ4n) is 2.40. The van der Waals surface area contributed by atoms with Crippen molar-refractivity contribution in [2.24, 2.45) is 0 Å². The van der Waals surface area contributed by atoms with E-state index in [1.54, 1.807) is 0 Å². The van der Waals surface area contributed by atoms with E-state index >= 15 is 0 Å². The molecule has 0 N–H and O–H groups in total. The normalized spacial score (nSPS) is 11.3. The summed E-state index contributed by atoms with van der Waals surface area (Å²) in [5.41, 5.74) is 3.69. The molecule has 0 unspecified atom stereocenters. The topological polar surface area (TPSA) is 21.1 Å². The molecule has 0 amide bonds. The van der Waals surface area contributed by atoms with Crippen molar-refractivity contribution in [2.45, 2.75) is 39.9 Å². The Bertz CT molecular complexity index is 608. The molecule has 1 aromatic heterocycles. The minimum Gasteiger partial charge on any atom is -0.296 e. The number of benzene rings is 1. The van der Waals surface area contributed by atoms with E-state index in [1.807, 2.05) is 6.07 Å². The van der Waals surface area contributed by atoms with Crippen LogP contribution >= 0.6 is 31.9 Å². The average Bonchev–Trinajstić information content (AvgIpc) is 2.77. The van der Waals surface area contributed by atoms with Crippen molar-refractivity contribution in [1.82, 2.24) is 14.7 Å². The van der Waals surface area contributed by atoms with E-state index in [1.165, 1.54) is 11.3 Å². The average molecular weight is 415 g/mol. The van der Waals surface area contributed by atoms with Gasteiger partial charge in [0.15, 0.2) is 0 Å². The fraction of sp³-hybridized carbons (Fsp3) is 0.438. The molecule has 0 spiro atoms. The highest BCUT2D eigenvalue weighted by atomic mass is 79.9. The molecular formula is C16H21Br2N3. The highest BCUT2D eigenvalue weighted by Gasteiger charge is 2.15. The molecule has 2 rings (SSSR count). The quantitative estimate of drug-likeness (QED) is 0.687. The lowest BCUT2D eigenvalue weighted by atomic mass is 10.2. The van der Waals surface area contributed by atoms with Crippen LogP contribution in [0.15, 0.2) is 33.2 Å². The smallest absolute Gasteiger partial charge is 0.0767 e. The number of aromatic nitrogens is 2. The Balaban J connectivity index is 2.14. The molecule has 2 aromatic rings. The summed E-state index contributed by atoms with van der Waals surface area (Å²) in [5, 5.41) is 4.66. The molecule has 21 heavy (non-hydrogen) atoms. The van der Waals surface area contributed by atoms with E-state index in [0.29, 0.717) is 0 Å². The van der Waals surface area contributed by atoms with E-state index in [0.717, 1.165) is 40.7 Å². The number of nitrogens with zero attached hydrogens (tertiary/aromatic N) is 3. The third kappa shape index (κ3) is 3.96. The summed E-state index contributed by atoms with van der Waals surface area (Å²) in [4.78, 5) is 2.31. The number of hydrogen-bond donors (Lipinski definition) is 0. The van der Waals surface area contributed by atoms with Gasteiger partial charge in [-0.15, -0.1) is 0 Å². The predicted octanol–water partition coefficient (Wildman–Crippen LogP) is 4.62. The highest BCUT2D eigenvalue weighted by Crippen LogP contribution is 2.24. The number of halogens is 2. The van der Waals surface area contributed by atoms with Crippen LogP contribution in [-0.2, 0) is 26.1 Å². The molecule has 0 saturated heterocycles. The molecule has 0 fully saturated rings. The van der Waals surface area contributed by atoms with Crippen molar-refractivity contribution in [2.75, 3.05) is 7.05 Å². The molecule has 3 nitrogen and oxygen atoms in total. The molecule has 0 saturated carbocycles. The molecule has 114 valence electrons. The van der Waals surface area contributed by atoms with Crippen LogP contribution in [-0.4, -0.2) is 21.7 Å². The number of rotatable bonds is 6. The predicted molar refractivity (Wildman–Crippen MR) is 94.3 cm³/mol. The first-order valence-electron chi connectivity index (χ1n) is 7.22. The van der Waals surface area contributed by atoms with Gasteiger partial charge in [0.25, 0.3) is 0 Å². The van der Waals surface area contributed by atoms with Crippen molar-refractivity contribution < 1.29 is 0 Å². The maximum atomic E-state index is 4.66. The Morgan fingerprint density at radius 2 is 1.86 bits per heavy atom. The first-order valence-corrected chi connectivity index (χ1v) is 8.81. The van der Waals surface area contributed by atoms with Gasteiger partial charge >= 0.3 is 0 Å². The Morgan fingerprint density at radius 1 is 1.14 bits per heavy atom. The van der Waals surface area contributed by atoms with Crippen molar-refractivity contribution in [3.05, 3.63) is 50.2 Å². The van der Waals surface area contributed by atoms with Gasteiger partial charge in [-0.3, -0.25) is 9.58 Å². The number of hydrogen-bond acceptors (Lipinski definition) is 2. The molecule has 0 radical (unpaired) electrons. The third-order valence-electron chi connectivity index (χ3n) is 3.51. The summed E-state index contributed by atoms with van der Waals surface area (Å²) in [7, 11) is 2.14. The zero-order valence-electron chi connectivity index (χ0n) is 12.7.